The van der Waals surface area contributed by atoms with Gasteiger partial charge < -0.3 is 10.1 Å². The van der Waals surface area contributed by atoms with E-state index < -0.39 is 0 Å². The average Bonchev–Trinajstić information content (AvgIpc) is 2.20. The minimum Gasteiger partial charge on any atom is -0.480 e. The number of pyridine rings is 1. The van der Waals surface area contributed by atoms with Gasteiger partial charge in [-0.1, -0.05) is 13.8 Å². The van der Waals surface area contributed by atoms with Crippen molar-refractivity contribution in [1.29, 1.82) is 0 Å². The van der Waals surface area contributed by atoms with Gasteiger partial charge in [0.15, 0.2) is 18.2 Å². The molecule has 14 heavy (non-hydrogen) atoms. The Hall–Kier alpha value is -1.58. The highest BCUT2D eigenvalue weighted by Gasteiger charge is 2.16. The predicted molar refractivity (Wildman–Crippen MR) is 56.6 cm³/mol. The van der Waals surface area contributed by atoms with Gasteiger partial charge in [0.05, 0.1) is 0 Å². The van der Waals surface area contributed by atoms with E-state index in [-0.39, 0.29) is 13.9 Å². The van der Waals surface area contributed by atoms with Gasteiger partial charge in [0.1, 0.15) is 0 Å². The van der Waals surface area contributed by atoms with Crippen molar-refractivity contribution in [2.24, 2.45) is 0 Å². The number of carbonyl (C=O) groups is 1. The second kappa shape index (κ2) is 4.60. The molecule has 0 fully saturated rings. The Kier molecular flexibility index (Phi) is 3.45. The minimum absolute atomic E-state index is 0. The van der Waals surface area contributed by atoms with E-state index in [0.29, 0.717) is 11.6 Å². The minimum atomic E-state index is -0.152. The van der Waals surface area contributed by atoms with Crippen LogP contribution in [0.3, 0.4) is 0 Å². The van der Waals surface area contributed by atoms with Crippen molar-refractivity contribution in [2.45, 2.75) is 20.8 Å². The van der Waals surface area contributed by atoms with Crippen molar-refractivity contribution >= 4 is 11.7 Å². The van der Waals surface area contributed by atoms with Crippen molar-refractivity contribution in [3.8, 4) is 5.75 Å². The van der Waals surface area contributed by atoms with Crippen LogP contribution in [0, 0.1) is 6.92 Å². The topological polar surface area (TPSA) is 51.2 Å². The lowest BCUT2D eigenvalue weighted by molar-refractivity contribution is -0.118. The molecule has 1 N–H and O–H groups in total. The van der Waals surface area contributed by atoms with E-state index in [1.165, 1.54) is 0 Å². The molecule has 4 nitrogen and oxygen atoms in total. The van der Waals surface area contributed by atoms with Crippen LogP contribution >= 0.6 is 0 Å². The number of hydrogen-bond donors (Lipinski definition) is 1. The number of aryl methyl sites for hydroxylation is 1. The van der Waals surface area contributed by atoms with Crippen LogP contribution in [0.5, 0.6) is 5.75 Å². The Morgan fingerprint density at radius 3 is 2.93 bits per heavy atom. The molecular formula is C10H16N2O2. The molecule has 1 aliphatic heterocycles. The van der Waals surface area contributed by atoms with Crippen LogP contribution in [0.4, 0.5) is 5.82 Å². The summed E-state index contributed by atoms with van der Waals surface area (Å²) in [6, 6.07) is 3.65. The summed E-state index contributed by atoms with van der Waals surface area (Å²) in [5, 5.41) is 2.63. The zero-order valence-corrected chi connectivity index (χ0v) is 8.63. The maximum atomic E-state index is 10.9. The quantitative estimate of drug-likeness (QED) is 0.690. The number of nitrogens with zero attached hydrogens (tertiary/aromatic N) is 1. The first-order valence-corrected chi connectivity index (χ1v) is 4.66. The number of nitrogens with one attached hydrogen (secondary N) is 1. The lowest BCUT2D eigenvalue weighted by atomic mass is 10.3. The summed E-state index contributed by atoms with van der Waals surface area (Å²) in [5.41, 5.74) is 0.861. The van der Waals surface area contributed by atoms with Gasteiger partial charge >= 0.3 is 0 Å². The second-order valence-electron chi connectivity index (χ2n) is 2.64. The van der Waals surface area contributed by atoms with Crippen LogP contribution in [0.1, 0.15) is 21.0 Å². The summed E-state index contributed by atoms with van der Waals surface area (Å²) in [5.74, 6) is 1.01. The summed E-state index contributed by atoms with van der Waals surface area (Å²) in [6.07, 6.45) is 0. The van der Waals surface area contributed by atoms with Crippen LogP contribution in [0.25, 0.3) is 0 Å². The largest absolute Gasteiger partial charge is 0.480 e. The molecule has 0 aromatic carbocycles. The van der Waals surface area contributed by atoms with Crippen molar-refractivity contribution < 1.29 is 11.0 Å². The summed E-state index contributed by atoms with van der Waals surface area (Å²) < 4.78 is 5.12. The van der Waals surface area contributed by atoms with Gasteiger partial charge in [-0.2, -0.15) is 0 Å². The number of rotatable bonds is 0. The van der Waals surface area contributed by atoms with E-state index in [4.69, 9.17) is 4.74 Å². The summed E-state index contributed by atoms with van der Waals surface area (Å²) in [4.78, 5) is 15.0. The number of fused-ring (bicyclic) bond motifs is 1. The number of hydrogen-bond acceptors (Lipinski definition) is 3. The molecule has 1 aliphatic rings. The fourth-order valence-corrected chi connectivity index (χ4v) is 1.06. The van der Waals surface area contributed by atoms with E-state index >= 15 is 0 Å². The molecule has 4 heteroatoms. The summed E-state index contributed by atoms with van der Waals surface area (Å²) in [6.45, 7) is 5.94. The highest BCUT2D eigenvalue weighted by Crippen LogP contribution is 2.24. The molecule has 0 saturated carbocycles. The molecule has 2 rings (SSSR count). The fourth-order valence-electron chi connectivity index (χ4n) is 1.06. The van der Waals surface area contributed by atoms with Crippen molar-refractivity contribution in [2.75, 3.05) is 11.9 Å². The molecule has 2 heterocycles. The molecule has 78 valence electrons. The normalized spacial score (nSPS) is 12.9. The van der Waals surface area contributed by atoms with E-state index in [1.807, 2.05) is 26.8 Å². The third kappa shape index (κ3) is 2.22. The number of anilines is 1. The first-order chi connectivity index (χ1) is 6.75. The van der Waals surface area contributed by atoms with E-state index in [1.54, 1.807) is 6.07 Å². The fraction of sp³-hybridized carbons (Fsp3) is 0.400. The molecule has 0 unspecified atom stereocenters. The smallest absolute Gasteiger partial charge is 0.263 e. The molecule has 0 aliphatic carbocycles. The van der Waals surface area contributed by atoms with Crippen molar-refractivity contribution in [3.05, 3.63) is 17.8 Å². The Labute approximate surface area is 84.8 Å². The SMILES string of the molecule is CC.Cc1ccc2c(n1)NC(=O)CO2.[HH]. The first kappa shape index (κ1) is 10.5. The Balaban J connectivity index is 0.000000617. The van der Waals surface area contributed by atoms with Gasteiger partial charge in [-0.15, -0.1) is 0 Å². The monoisotopic (exact) mass is 196 g/mol. The van der Waals surface area contributed by atoms with E-state index in [0.717, 1.165) is 5.69 Å². The third-order valence-electron chi connectivity index (χ3n) is 1.61. The number of carbonyl (C=O) groups excluding carboxylic acids is 1. The van der Waals surface area contributed by atoms with Gasteiger partial charge in [0.25, 0.3) is 5.91 Å². The standard InChI is InChI=1S/C8H8N2O2.C2H6.H2/c1-5-2-3-6-8(9-5)10-7(11)4-12-6;1-2;/h2-3H,4H2,1H3,(H,9,10,11);1-2H3;1H. The van der Waals surface area contributed by atoms with Crippen LogP contribution in [-0.2, 0) is 4.79 Å². The lowest BCUT2D eigenvalue weighted by Gasteiger charge is -2.16. The van der Waals surface area contributed by atoms with Crippen molar-refractivity contribution in [3.63, 3.8) is 0 Å². The average molecular weight is 196 g/mol. The molecule has 1 amide bonds. The van der Waals surface area contributed by atoms with Crippen molar-refractivity contribution in [1.82, 2.24) is 4.98 Å². The molecule has 1 aromatic rings. The molecule has 0 radical (unpaired) electrons. The predicted octanol–water partition coefficient (Wildman–Crippen LogP) is 1.99. The summed E-state index contributed by atoms with van der Waals surface area (Å²) in [7, 11) is 0. The molecule has 0 saturated heterocycles. The molecule has 0 bridgehead atoms. The Morgan fingerprint density at radius 1 is 1.50 bits per heavy atom. The van der Waals surface area contributed by atoms with E-state index in [2.05, 4.69) is 10.3 Å². The summed E-state index contributed by atoms with van der Waals surface area (Å²) >= 11 is 0. The molecule has 0 spiro atoms. The molecule has 0 atom stereocenters. The zero-order chi connectivity index (χ0) is 10.6. The number of amides is 1. The number of ether oxygens (including phenoxy) is 1. The molecule has 1 aromatic heterocycles. The van der Waals surface area contributed by atoms with Crippen LogP contribution in [0.2, 0.25) is 0 Å². The van der Waals surface area contributed by atoms with Crippen LogP contribution in [-0.4, -0.2) is 17.5 Å². The highest BCUT2D eigenvalue weighted by atomic mass is 16.5. The molecular weight excluding hydrogens is 180 g/mol. The maximum absolute atomic E-state index is 10.9. The highest BCUT2D eigenvalue weighted by molar-refractivity contribution is 5.94. The van der Waals surface area contributed by atoms with Gasteiger partial charge in [-0.3, -0.25) is 4.79 Å². The van der Waals surface area contributed by atoms with Gasteiger partial charge in [-0.05, 0) is 19.1 Å². The maximum Gasteiger partial charge on any atom is 0.263 e. The third-order valence-corrected chi connectivity index (χ3v) is 1.61. The van der Waals surface area contributed by atoms with Crippen LogP contribution in [0.15, 0.2) is 12.1 Å². The van der Waals surface area contributed by atoms with Crippen LogP contribution < -0.4 is 10.1 Å². The van der Waals surface area contributed by atoms with Gasteiger partial charge in [0.2, 0.25) is 0 Å². The first-order valence-electron chi connectivity index (χ1n) is 4.66. The number of aromatic nitrogens is 1. The van der Waals surface area contributed by atoms with Gasteiger partial charge in [-0.25, -0.2) is 4.98 Å². The van der Waals surface area contributed by atoms with Gasteiger partial charge in [0, 0.05) is 7.12 Å². The lowest BCUT2D eigenvalue weighted by Crippen LogP contribution is -2.26. The zero-order valence-electron chi connectivity index (χ0n) is 8.63. The Morgan fingerprint density at radius 2 is 2.21 bits per heavy atom. The second-order valence-corrected chi connectivity index (χ2v) is 2.64. The van der Waals surface area contributed by atoms with E-state index in [9.17, 15) is 4.79 Å². The Bertz CT molecular complexity index is 342.